The van der Waals surface area contributed by atoms with Crippen LogP contribution in [0.15, 0.2) is 0 Å². The van der Waals surface area contributed by atoms with Crippen LogP contribution in [0.1, 0.15) is 0 Å². The van der Waals surface area contributed by atoms with Gasteiger partial charge in [-0.2, -0.15) is 0 Å². The van der Waals surface area contributed by atoms with E-state index in [9.17, 15) is 0 Å². The minimum Gasteiger partial charge on any atom is -0.303 e. The maximum atomic E-state index is 8.88. The topological polar surface area (TPSA) is 233 Å². The second-order valence-corrected chi connectivity index (χ2v) is 4.62. The lowest BCUT2D eigenvalue weighted by molar-refractivity contribution is 0.272. The van der Waals surface area contributed by atoms with Gasteiger partial charge in [0.15, 0.2) is 0 Å². The molecule has 0 bridgehead atoms. The van der Waals surface area contributed by atoms with Crippen molar-refractivity contribution in [2.75, 3.05) is 0 Å². The van der Waals surface area contributed by atoms with E-state index in [1.165, 1.54) is 0 Å². The number of hydrogen-bond acceptors (Lipinski definition) is 3. The lowest BCUT2D eigenvalue weighted by atomic mass is 15.8. The Balaban J connectivity index is -0.0000000655. The van der Waals surface area contributed by atoms with Gasteiger partial charge in [-0.05, 0) is 0 Å². The molecule has 104 valence electrons. The molecule has 12 nitrogen and oxygen atoms in total. The number of phosphoric acid groups is 3. The van der Waals surface area contributed by atoms with Crippen LogP contribution in [0.4, 0.5) is 0 Å². The monoisotopic (exact) mass is 422 g/mol. The van der Waals surface area contributed by atoms with Crippen molar-refractivity contribution in [3.05, 3.63) is 0 Å². The highest BCUT2D eigenvalue weighted by Crippen LogP contribution is 2.26. The third-order valence-corrected chi connectivity index (χ3v) is 0. The molecule has 0 fully saturated rings. The van der Waals surface area contributed by atoms with E-state index < -0.39 is 23.5 Å². The molecule has 0 aromatic carbocycles. The summed E-state index contributed by atoms with van der Waals surface area (Å²) >= 11 is 0. The Bertz CT molecular complexity index is 202. The molecule has 0 aliphatic rings. The Morgan fingerprint density at radius 1 is 0.438 bits per heavy atom. The summed E-state index contributed by atoms with van der Waals surface area (Å²) in [6.45, 7) is 0. The van der Waals surface area contributed by atoms with Crippen molar-refractivity contribution in [2.24, 2.45) is 0 Å². The number of rotatable bonds is 0. The van der Waals surface area contributed by atoms with Gasteiger partial charge in [-0.1, -0.05) is 0 Å². The van der Waals surface area contributed by atoms with Gasteiger partial charge in [-0.3, -0.25) is 0 Å². The molecule has 0 unspecified atom stereocenters. The van der Waals surface area contributed by atoms with Gasteiger partial charge in [0, 0.05) is 0 Å². The van der Waals surface area contributed by atoms with Crippen molar-refractivity contribution < 1.29 is 57.7 Å². The molecule has 0 rings (SSSR count). The average Bonchev–Trinajstić information content (AvgIpc) is 1.41. The number of hydrogen-bond donors (Lipinski definition) is 9. The minimum absolute atomic E-state index is 0. The first-order valence-corrected chi connectivity index (χ1v) is 7.04. The maximum absolute atomic E-state index is 8.88. The highest BCUT2D eigenvalue weighted by molar-refractivity contribution is 14.0. The smallest absolute Gasteiger partial charge is 0.303 e. The summed E-state index contributed by atoms with van der Waals surface area (Å²) in [5.41, 5.74) is 0. The zero-order valence-corrected chi connectivity index (χ0v) is 12.0. The highest BCUT2D eigenvalue weighted by Gasteiger charge is 2.01. The van der Waals surface area contributed by atoms with Gasteiger partial charge in [-0.15, -0.1) is 24.0 Å². The van der Waals surface area contributed by atoms with Crippen molar-refractivity contribution in [3.63, 3.8) is 0 Å². The van der Waals surface area contributed by atoms with Crippen LogP contribution < -0.4 is 0 Å². The molecule has 0 aromatic heterocycles. The van der Waals surface area contributed by atoms with E-state index in [0.29, 0.717) is 0 Å². The second kappa shape index (κ2) is 10.0. The highest BCUT2D eigenvalue weighted by atomic mass is 127. The zero-order valence-electron chi connectivity index (χ0n) is 7.00. The van der Waals surface area contributed by atoms with Crippen molar-refractivity contribution in [3.8, 4) is 0 Å². The molecule has 9 N–H and O–H groups in total. The molecule has 16 heteroatoms. The molecule has 0 saturated heterocycles. The average molecular weight is 422 g/mol. The van der Waals surface area contributed by atoms with Crippen LogP contribution in [0.3, 0.4) is 0 Å². The Hall–Kier alpha value is 1.06. The first-order valence-electron chi connectivity index (χ1n) is 2.35. The molecule has 0 aliphatic carbocycles. The molecule has 0 radical (unpaired) electrons. The fourth-order valence-electron chi connectivity index (χ4n) is 0. The summed E-state index contributed by atoms with van der Waals surface area (Å²) in [5, 5.41) is 0. The fourth-order valence-corrected chi connectivity index (χ4v) is 0. The van der Waals surface area contributed by atoms with Crippen molar-refractivity contribution >= 4 is 47.4 Å². The van der Waals surface area contributed by atoms with E-state index in [2.05, 4.69) is 0 Å². The Kier molecular flexibility index (Phi) is 16.2. The van der Waals surface area contributed by atoms with E-state index in [1.807, 2.05) is 0 Å². The molecule has 0 spiro atoms. The molecule has 0 aromatic rings. The van der Waals surface area contributed by atoms with Crippen LogP contribution >= 0.6 is 47.4 Å². The van der Waals surface area contributed by atoms with Gasteiger partial charge >= 0.3 is 23.5 Å². The van der Waals surface area contributed by atoms with E-state index in [0.717, 1.165) is 0 Å². The second-order valence-electron chi connectivity index (χ2n) is 1.54. The van der Waals surface area contributed by atoms with Gasteiger partial charge < -0.3 is 44.0 Å². The zero-order chi connectivity index (χ0) is 13.5. The van der Waals surface area contributed by atoms with Gasteiger partial charge in [0.25, 0.3) is 0 Å². The van der Waals surface area contributed by atoms with Crippen LogP contribution in [-0.2, 0) is 13.7 Å². The summed E-state index contributed by atoms with van der Waals surface area (Å²) in [5.74, 6) is 0. The quantitative estimate of drug-likeness (QED) is 0.150. The molecule has 16 heavy (non-hydrogen) atoms. The van der Waals surface area contributed by atoms with Crippen molar-refractivity contribution in [1.29, 1.82) is 0 Å². The van der Waals surface area contributed by atoms with E-state index >= 15 is 0 Å². The summed E-state index contributed by atoms with van der Waals surface area (Å²) < 4.78 is 26.6. The number of halogens is 1. The standard InChI is InChI=1S/HI.3H3O4P/c;3*1-5(2,3)4/h1H;3*(H3,1,2,3,4). The van der Waals surface area contributed by atoms with E-state index in [-0.39, 0.29) is 24.0 Å². The minimum atomic E-state index is -4.64. The Labute approximate surface area is 105 Å². The lowest BCUT2D eigenvalue weighted by Crippen LogP contribution is -1.66. The largest absolute Gasteiger partial charge is 0.466 e. The molecular weight excluding hydrogens is 412 g/mol. The van der Waals surface area contributed by atoms with Gasteiger partial charge in [0.1, 0.15) is 0 Å². The first kappa shape index (κ1) is 25.8. The van der Waals surface area contributed by atoms with Crippen LogP contribution in [0.5, 0.6) is 0 Å². The molecule has 0 atom stereocenters. The van der Waals surface area contributed by atoms with Crippen LogP contribution in [-0.4, -0.2) is 44.0 Å². The Morgan fingerprint density at radius 3 is 0.438 bits per heavy atom. The third-order valence-electron chi connectivity index (χ3n) is 0. The fraction of sp³-hybridized carbons (Fsp3) is 0. The van der Waals surface area contributed by atoms with E-state index in [1.54, 1.807) is 0 Å². The van der Waals surface area contributed by atoms with Gasteiger partial charge in [0.2, 0.25) is 0 Å². The maximum Gasteiger partial charge on any atom is 0.466 e. The van der Waals surface area contributed by atoms with Crippen molar-refractivity contribution in [2.45, 2.75) is 0 Å². The van der Waals surface area contributed by atoms with Crippen molar-refractivity contribution in [1.82, 2.24) is 0 Å². The van der Waals surface area contributed by atoms with Gasteiger partial charge in [0.05, 0.1) is 0 Å². The summed E-state index contributed by atoms with van der Waals surface area (Å²) in [7, 11) is -13.9. The molecule has 0 aliphatic heterocycles. The lowest BCUT2D eigenvalue weighted by Gasteiger charge is -1.82. The summed E-state index contributed by atoms with van der Waals surface area (Å²) in [6.07, 6.45) is 0. The molecule has 0 amide bonds. The first-order chi connectivity index (χ1) is 6.00. The SMILES string of the molecule is I.O=P(O)(O)O.O=P(O)(O)O.O=P(O)(O)O. The molecule has 0 heterocycles. The Morgan fingerprint density at radius 2 is 0.438 bits per heavy atom. The third kappa shape index (κ3) is 2650. The van der Waals surface area contributed by atoms with Crippen LogP contribution in [0, 0.1) is 0 Å². The van der Waals surface area contributed by atoms with Crippen LogP contribution in [0.2, 0.25) is 0 Å². The van der Waals surface area contributed by atoms with Crippen LogP contribution in [0.25, 0.3) is 0 Å². The molecule has 0 saturated carbocycles. The predicted octanol–water partition coefficient (Wildman–Crippen LogP) is -2.17. The summed E-state index contributed by atoms with van der Waals surface area (Å²) in [6, 6.07) is 0. The predicted molar refractivity (Wildman–Crippen MR) is 58.2 cm³/mol. The summed E-state index contributed by atoms with van der Waals surface area (Å²) in [4.78, 5) is 64.7. The molecular formula is H10IO12P3. The van der Waals surface area contributed by atoms with E-state index in [4.69, 9.17) is 57.7 Å². The van der Waals surface area contributed by atoms with Gasteiger partial charge in [-0.25, -0.2) is 13.7 Å². The normalized spacial score (nSPS) is 11.1.